The van der Waals surface area contributed by atoms with Gasteiger partial charge in [-0.15, -0.1) is 0 Å². The van der Waals surface area contributed by atoms with Crippen LogP contribution >= 0.6 is 0 Å². The number of carbonyl (C=O) groups excluding carboxylic acids is 1. The van der Waals surface area contributed by atoms with Crippen LogP contribution in [-0.4, -0.2) is 18.9 Å². The van der Waals surface area contributed by atoms with Crippen molar-refractivity contribution in [1.29, 1.82) is 0 Å². The van der Waals surface area contributed by atoms with E-state index in [0.717, 1.165) is 13.0 Å². The van der Waals surface area contributed by atoms with Gasteiger partial charge in [0.15, 0.2) is 6.29 Å². The zero-order valence-corrected chi connectivity index (χ0v) is 6.11. The standard InChI is InChI=1S/C7H14NO/c1-3-7(5-6-9)8-4-2/h7-8H,3-5H2,1-2H3. The zero-order valence-electron chi connectivity index (χ0n) is 6.11. The van der Waals surface area contributed by atoms with Gasteiger partial charge in [-0.2, -0.15) is 0 Å². The molecule has 2 nitrogen and oxygen atoms in total. The van der Waals surface area contributed by atoms with Crippen molar-refractivity contribution in [2.45, 2.75) is 32.7 Å². The Morgan fingerprint density at radius 3 is 2.56 bits per heavy atom. The molecule has 0 aromatic heterocycles. The molecule has 0 heterocycles. The summed E-state index contributed by atoms with van der Waals surface area (Å²) in [5, 5.41) is 3.17. The third-order valence-corrected chi connectivity index (χ3v) is 1.32. The van der Waals surface area contributed by atoms with Crippen LogP contribution in [-0.2, 0) is 4.79 Å². The average Bonchev–Trinajstić information content (AvgIpc) is 1.88. The number of hydrogen-bond acceptors (Lipinski definition) is 2. The Kier molecular flexibility index (Phi) is 5.52. The molecule has 1 unspecified atom stereocenters. The fraction of sp³-hybridized carbons (Fsp3) is 0.857. The van der Waals surface area contributed by atoms with Crippen molar-refractivity contribution in [3.63, 3.8) is 0 Å². The minimum Gasteiger partial charge on any atom is -0.314 e. The van der Waals surface area contributed by atoms with E-state index in [1.54, 1.807) is 0 Å². The monoisotopic (exact) mass is 128 g/mol. The fourth-order valence-corrected chi connectivity index (χ4v) is 0.750. The van der Waals surface area contributed by atoms with Crippen LogP contribution in [0.15, 0.2) is 0 Å². The Hall–Kier alpha value is -0.370. The lowest BCUT2D eigenvalue weighted by molar-refractivity contribution is 0.496. The maximum Gasteiger partial charge on any atom is 0.199 e. The molecule has 0 aliphatic rings. The Labute approximate surface area is 56.6 Å². The van der Waals surface area contributed by atoms with Crippen molar-refractivity contribution in [2.24, 2.45) is 0 Å². The van der Waals surface area contributed by atoms with Crippen LogP contribution in [0, 0.1) is 0 Å². The van der Waals surface area contributed by atoms with Gasteiger partial charge in [-0.05, 0) is 13.0 Å². The first-order chi connectivity index (χ1) is 4.35. The summed E-state index contributed by atoms with van der Waals surface area (Å²) in [6.07, 6.45) is 3.41. The van der Waals surface area contributed by atoms with Gasteiger partial charge in [0, 0.05) is 12.5 Å². The first kappa shape index (κ1) is 8.63. The molecule has 0 saturated heterocycles. The molecule has 9 heavy (non-hydrogen) atoms. The summed E-state index contributed by atoms with van der Waals surface area (Å²) in [6, 6.07) is 0.340. The Balaban J connectivity index is 3.28. The summed E-state index contributed by atoms with van der Waals surface area (Å²) in [5.74, 6) is 0. The van der Waals surface area contributed by atoms with Crippen LogP contribution < -0.4 is 5.32 Å². The van der Waals surface area contributed by atoms with E-state index < -0.39 is 0 Å². The summed E-state index contributed by atoms with van der Waals surface area (Å²) < 4.78 is 0. The highest BCUT2D eigenvalue weighted by Gasteiger charge is 2.01. The highest BCUT2D eigenvalue weighted by Crippen LogP contribution is 1.92. The molecule has 0 bridgehead atoms. The van der Waals surface area contributed by atoms with Gasteiger partial charge in [0.05, 0.1) is 0 Å². The van der Waals surface area contributed by atoms with E-state index in [2.05, 4.69) is 12.2 Å². The van der Waals surface area contributed by atoms with Crippen molar-refractivity contribution < 1.29 is 4.79 Å². The molecule has 0 aromatic carbocycles. The molecule has 0 rings (SSSR count). The summed E-state index contributed by atoms with van der Waals surface area (Å²) in [5.41, 5.74) is 0. The molecule has 2 heteroatoms. The third kappa shape index (κ3) is 4.15. The second kappa shape index (κ2) is 5.76. The van der Waals surface area contributed by atoms with E-state index in [-0.39, 0.29) is 0 Å². The van der Waals surface area contributed by atoms with Crippen molar-refractivity contribution >= 4 is 6.29 Å². The zero-order chi connectivity index (χ0) is 7.11. The van der Waals surface area contributed by atoms with Gasteiger partial charge >= 0.3 is 0 Å². The van der Waals surface area contributed by atoms with E-state index in [0.29, 0.717) is 12.5 Å². The van der Waals surface area contributed by atoms with E-state index in [9.17, 15) is 4.79 Å². The number of hydrogen-bond donors (Lipinski definition) is 1. The molecular weight excluding hydrogens is 114 g/mol. The lowest BCUT2D eigenvalue weighted by atomic mass is 10.2. The van der Waals surface area contributed by atoms with E-state index in [1.165, 1.54) is 0 Å². The molecule has 1 radical (unpaired) electrons. The smallest absolute Gasteiger partial charge is 0.199 e. The van der Waals surface area contributed by atoms with Crippen LogP contribution in [0.4, 0.5) is 0 Å². The molecule has 0 spiro atoms. The normalized spacial score (nSPS) is 13.1. The van der Waals surface area contributed by atoms with Gasteiger partial charge in [0.1, 0.15) is 0 Å². The molecular formula is C7H14NO. The van der Waals surface area contributed by atoms with Gasteiger partial charge in [-0.1, -0.05) is 13.8 Å². The second-order valence-electron chi connectivity index (χ2n) is 2.01. The van der Waals surface area contributed by atoms with Crippen LogP contribution in [0.3, 0.4) is 0 Å². The Morgan fingerprint density at radius 2 is 2.22 bits per heavy atom. The first-order valence-electron chi connectivity index (χ1n) is 3.43. The number of rotatable bonds is 5. The van der Waals surface area contributed by atoms with Crippen LogP contribution in [0.5, 0.6) is 0 Å². The molecule has 1 atom stereocenters. The highest BCUT2D eigenvalue weighted by atomic mass is 16.1. The van der Waals surface area contributed by atoms with Gasteiger partial charge in [0.2, 0.25) is 0 Å². The summed E-state index contributed by atoms with van der Waals surface area (Å²) >= 11 is 0. The maximum absolute atomic E-state index is 9.88. The summed E-state index contributed by atoms with van der Waals surface area (Å²) in [4.78, 5) is 9.88. The van der Waals surface area contributed by atoms with Gasteiger partial charge < -0.3 is 5.32 Å². The van der Waals surface area contributed by atoms with Crippen molar-refractivity contribution in [3.05, 3.63) is 0 Å². The fourth-order valence-electron chi connectivity index (χ4n) is 0.750. The summed E-state index contributed by atoms with van der Waals surface area (Å²) in [7, 11) is 0. The molecule has 1 N–H and O–H groups in total. The molecule has 0 aliphatic carbocycles. The minimum atomic E-state index is 0.340. The Bertz CT molecular complexity index is 73.3. The van der Waals surface area contributed by atoms with Crippen LogP contribution in [0.1, 0.15) is 26.7 Å². The van der Waals surface area contributed by atoms with Gasteiger partial charge in [-0.3, -0.25) is 4.79 Å². The predicted molar refractivity (Wildman–Crippen MR) is 38.1 cm³/mol. The van der Waals surface area contributed by atoms with Crippen LogP contribution in [0.25, 0.3) is 0 Å². The maximum atomic E-state index is 9.88. The van der Waals surface area contributed by atoms with E-state index in [1.807, 2.05) is 13.2 Å². The van der Waals surface area contributed by atoms with E-state index in [4.69, 9.17) is 0 Å². The Morgan fingerprint density at radius 1 is 1.56 bits per heavy atom. The number of nitrogens with one attached hydrogen (secondary N) is 1. The lowest BCUT2D eigenvalue weighted by Gasteiger charge is -2.10. The molecule has 0 aromatic rings. The predicted octanol–water partition coefficient (Wildman–Crippen LogP) is 0.874. The molecule has 0 amide bonds. The molecule has 53 valence electrons. The molecule has 0 fully saturated rings. The van der Waals surface area contributed by atoms with E-state index >= 15 is 0 Å². The highest BCUT2D eigenvalue weighted by molar-refractivity contribution is 5.51. The van der Waals surface area contributed by atoms with Crippen molar-refractivity contribution in [1.82, 2.24) is 5.32 Å². The minimum absolute atomic E-state index is 0.340. The van der Waals surface area contributed by atoms with Crippen molar-refractivity contribution in [2.75, 3.05) is 6.54 Å². The summed E-state index contributed by atoms with van der Waals surface area (Å²) in [6.45, 7) is 5.03. The second-order valence-corrected chi connectivity index (χ2v) is 2.01. The van der Waals surface area contributed by atoms with Crippen molar-refractivity contribution in [3.8, 4) is 0 Å². The van der Waals surface area contributed by atoms with Gasteiger partial charge in [-0.25, -0.2) is 0 Å². The molecule has 0 aliphatic heterocycles. The SMILES string of the molecule is CCNC(CC)C[C]=O. The largest absolute Gasteiger partial charge is 0.314 e. The van der Waals surface area contributed by atoms with Gasteiger partial charge in [0.25, 0.3) is 0 Å². The quantitative estimate of drug-likeness (QED) is 0.595. The third-order valence-electron chi connectivity index (χ3n) is 1.32. The molecule has 0 saturated carbocycles. The topological polar surface area (TPSA) is 29.1 Å². The lowest BCUT2D eigenvalue weighted by Crippen LogP contribution is -2.28. The first-order valence-corrected chi connectivity index (χ1v) is 3.43. The van der Waals surface area contributed by atoms with Crippen LogP contribution in [0.2, 0.25) is 0 Å². The average molecular weight is 128 g/mol.